The molecule has 1 heterocycles. The minimum absolute atomic E-state index is 0.357. The highest BCUT2D eigenvalue weighted by molar-refractivity contribution is 7.84. The molecule has 0 fully saturated rings. The molecule has 0 saturated heterocycles. The first-order valence-corrected chi connectivity index (χ1v) is 5.62. The number of hydrogen-bond donors (Lipinski definition) is 1. The van der Waals surface area contributed by atoms with Crippen LogP contribution in [0.3, 0.4) is 0 Å². The second-order valence-electron chi connectivity index (χ2n) is 2.71. The van der Waals surface area contributed by atoms with Crippen molar-refractivity contribution in [2.45, 2.75) is 11.9 Å². The Labute approximate surface area is 93.0 Å². The van der Waals surface area contributed by atoms with E-state index in [0.29, 0.717) is 6.20 Å². The second kappa shape index (κ2) is 4.15. The van der Waals surface area contributed by atoms with E-state index in [1.165, 1.54) is 0 Å². The van der Waals surface area contributed by atoms with Crippen molar-refractivity contribution in [3.63, 3.8) is 0 Å². The van der Waals surface area contributed by atoms with E-state index in [1.807, 2.05) is 0 Å². The number of rotatable bonds is 2. The van der Waals surface area contributed by atoms with Crippen LogP contribution in [-0.4, -0.2) is 22.9 Å². The molecule has 90 valence electrons. The van der Waals surface area contributed by atoms with Gasteiger partial charge in [-0.3, -0.25) is 4.55 Å². The smallest absolute Gasteiger partial charge is 0.285 e. The van der Waals surface area contributed by atoms with E-state index in [4.69, 9.17) is 16.2 Å². The summed E-state index contributed by atoms with van der Waals surface area (Å²) in [6.45, 7) is 0. The van der Waals surface area contributed by atoms with Gasteiger partial charge in [-0.15, -0.1) is 0 Å². The number of halogens is 4. The third kappa shape index (κ3) is 3.58. The minimum atomic E-state index is -4.71. The quantitative estimate of drug-likeness (QED) is 0.654. The Morgan fingerprint density at radius 1 is 1.44 bits per heavy atom. The van der Waals surface area contributed by atoms with Crippen LogP contribution in [0.1, 0.15) is 11.4 Å². The topological polar surface area (TPSA) is 80.2 Å². The average molecular weight is 277 g/mol. The molecule has 0 radical (unpaired) electrons. The molecular weight excluding hydrogens is 273 g/mol. The molecule has 0 bridgehead atoms. The molecule has 1 aromatic rings. The van der Waals surface area contributed by atoms with Crippen LogP contribution in [0.4, 0.5) is 13.2 Å². The lowest BCUT2D eigenvalue weighted by Gasteiger charge is -2.07. The van der Waals surface area contributed by atoms with Crippen LogP contribution < -0.4 is 0 Å². The van der Waals surface area contributed by atoms with Crippen LogP contribution in [0, 0.1) is 0 Å². The van der Waals surface area contributed by atoms with Crippen LogP contribution in [0.5, 0.6) is 0 Å². The molecule has 0 unspecified atom stereocenters. The Morgan fingerprint density at radius 3 is 2.38 bits per heavy atom. The van der Waals surface area contributed by atoms with Gasteiger partial charge in [0.1, 0.15) is 22.3 Å². The highest BCUT2D eigenvalue weighted by Crippen LogP contribution is 2.32. The van der Waals surface area contributed by atoms with E-state index < -0.39 is 38.6 Å². The first-order chi connectivity index (χ1) is 7.09. The van der Waals surface area contributed by atoms with Crippen molar-refractivity contribution in [3.8, 4) is 0 Å². The van der Waals surface area contributed by atoms with Crippen LogP contribution in [0.15, 0.2) is 6.20 Å². The van der Waals surface area contributed by atoms with E-state index >= 15 is 0 Å². The molecule has 0 aliphatic carbocycles. The second-order valence-corrected chi connectivity index (χ2v) is 4.53. The molecule has 10 heteroatoms. The van der Waals surface area contributed by atoms with Crippen molar-refractivity contribution in [1.29, 1.82) is 0 Å². The number of alkyl halides is 3. The SMILES string of the molecule is O=S(=O)(O)Cc1ncc(C(F)(F)F)c(Cl)n1. The Hall–Kier alpha value is -0.930. The van der Waals surface area contributed by atoms with Crippen molar-refractivity contribution in [2.75, 3.05) is 0 Å². The molecule has 0 aromatic carbocycles. The van der Waals surface area contributed by atoms with E-state index in [9.17, 15) is 21.6 Å². The molecule has 0 aliphatic heterocycles. The van der Waals surface area contributed by atoms with Gasteiger partial charge in [-0.2, -0.15) is 21.6 Å². The zero-order valence-corrected chi connectivity index (χ0v) is 8.94. The summed E-state index contributed by atoms with van der Waals surface area (Å²) in [5, 5.41) is -0.916. The molecule has 1 aromatic heterocycles. The Bertz CT molecular complexity index is 502. The molecule has 1 N–H and O–H groups in total. The van der Waals surface area contributed by atoms with Crippen molar-refractivity contribution >= 4 is 21.7 Å². The van der Waals surface area contributed by atoms with Crippen molar-refractivity contribution in [3.05, 3.63) is 22.7 Å². The maximum absolute atomic E-state index is 12.2. The summed E-state index contributed by atoms with van der Waals surface area (Å²) in [5.74, 6) is -1.51. The Balaban J connectivity index is 3.10. The predicted octanol–water partition coefficient (Wildman–Crippen LogP) is 1.54. The average Bonchev–Trinajstić information content (AvgIpc) is 1.97. The molecule has 1 rings (SSSR count). The molecule has 16 heavy (non-hydrogen) atoms. The molecule has 0 amide bonds. The summed E-state index contributed by atoms with van der Waals surface area (Å²) in [4.78, 5) is 6.26. The van der Waals surface area contributed by atoms with Gasteiger partial charge in [0.15, 0.2) is 0 Å². The minimum Gasteiger partial charge on any atom is -0.285 e. The predicted molar refractivity (Wildman–Crippen MR) is 47.3 cm³/mol. The largest absolute Gasteiger partial charge is 0.420 e. The number of hydrogen-bond acceptors (Lipinski definition) is 4. The monoisotopic (exact) mass is 276 g/mol. The molecule has 0 saturated carbocycles. The normalized spacial score (nSPS) is 12.8. The fourth-order valence-corrected chi connectivity index (χ4v) is 1.54. The van der Waals surface area contributed by atoms with Crippen molar-refractivity contribution in [2.24, 2.45) is 0 Å². The summed E-state index contributed by atoms with van der Waals surface area (Å²) in [7, 11) is -4.41. The van der Waals surface area contributed by atoms with E-state index in [1.54, 1.807) is 0 Å². The van der Waals surface area contributed by atoms with Crippen LogP contribution in [-0.2, 0) is 22.0 Å². The van der Waals surface area contributed by atoms with Gasteiger partial charge < -0.3 is 0 Å². The van der Waals surface area contributed by atoms with E-state index in [-0.39, 0.29) is 0 Å². The number of aromatic nitrogens is 2. The van der Waals surface area contributed by atoms with Crippen molar-refractivity contribution < 1.29 is 26.1 Å². The van der Waals surface area contributed by atoms with E-state index in [0.717, 1.165) is 0 Å². The van der Waals surface area contributed by atoms with Gasteiger partial charge in [0.25, 0.3) is 10.1 Å². The molecule has 0 atom stereocenters. The lowest BCUT2D eigenvalue weighted by atomic mass is 10.3. The zero-order valence-electron chi connectivity index (χ0n) is 7.36. The van der Waals surface area contributed by atoms with Gasteiger partial charge in [0.05, 0.1) is 0 Å². The zero-order chi connectivity index (χ0) is 12.6. The van der Waals surface area contributed by atoms with E-state index in [2.05, 4.69) is 9.97 Å². The maximum Gasteiger partial charge on any atom is 0.420 e. The van der Waals surface area contributed by atoms with Gasteiger partial charge in [0.2, 0.25) is 0 Å². The highest BCUT2D eigenvalue weighted by Gasteiger charge is 2.34. The summed E-state index contributed by atoms with van der Waals surface area (Å²) < 4.78 is 65.8. The third-order valence-corrected chi connectivity index (χ3v) is 2.32. The summed E-state index contributed by atoms with van der Waals surface area (Å²) in [6.07, 6.45) is -4.36. The molecule has 0 spiro atoms. The van der Waals surface area contributed by atoms with Crippen LogP contribution in [0.25, 0.3) is 0 Å². The molecule has 5 nitrogen and oxygen atoms in total. The van der Waals surface area contributed by atoms with Crippen LogP contribution in [0.2, 0.25) is 5.15 Å². The van der Waals surface area contributed by atoms with Gasteiger partial charge in [-0.1, -0.05) is 11.6 Å². The molecular formula is C6H4ClF3N2O3S. The standard InChI is InChI=1S/C6H4ClF3N2O3S/c7-5-3(6(8,9)10)1-11-4(12-5)2-16(13,14)15/h1H,2H2,(H,13,14,15). The lowest BCUT2D eigenvalue weighted by Crippen LogP contribution is -2.11. The molecule has 0 aliphatic rings. The Kier molecular flexibility index (Phi) is 3.41. The van der Waals surface area contributed by atoms with Gasteiger partial charge in [0, 0.05) is 6.20 Å². The first kappa shape index (κ1) is 13.1. The maximum atomic E-state index is 12.2. The summed E-state index contributed by atoms with van der Waals surface area (Å²) in [5.41, 5.74) is -1.27. The summed E-state index contributed by atoms with van der Waals surface area (Å²) in [6, 6.07) is 0. The Morgan fingerprint density at radius 2 is 2.00 bits per heavy atom. The van der Waals surface area contributed by atoms with Gasteiger partial charge in [-0.25, -0.2) is 9.97 Å². The van der Waals surface area contributed by atoms with Gasteiger partial charge >= 0.3 is 6.18 Å². The number of nitrogens with zero attached hydrogens (tertiary/aromatic N) is 2. The third-order valence-electron chi connectivity index (χ3n) is 1.41. The van der Waals surface area contributed by atoms with Crippen molar-refractivity contribution in [1.82, 2.24) is 9.97 Å². The fourth-order valence-electron chi connectivity index (χ4n) is 0.818. The van der Waals surface area contributed by atoms with Crippen LogP contribution >= 0.6 is 11.6 Å². The van der Waals surface area contributed by atoms with Gasteiger partial charge in [-0.05, 0) is 0 Å². The first-order valence-electron chi connectivity index (χ1n) is 3.63. The highest BCUT2D eigenvalue weighted by atomic mass is 35.5. The summed E-state index contributed by atoms with van der Waals surface area (Å²) >= 11 is 5.20. The lowest BCUT2D eigenvalue weighted by molar-refractivity contribution is -0.138. The fraction of sp³-hybridized carbons (Fsp3) is 0.333.